The Hall–Kier alpha value is -2.73. The van der Waals surface area contributed by atoms with E-state index in [1.54, 1.807) is 0 Å². The van der Waals surface area contributed by atoms with Crippen molar-refractivity contribution < 1.29 is 9.53 Å². The van der Waals surface area contributed by atoms with Gasteiger partial charge in [0.05, 0.1) is 0 Å². The zero-order valence-corrected chi connectivity index (χ0v) is 16.9. The molecular formula is C22H21N3O2S. The summed E-state index contributed by atoms with van der Waals surface area (Å²) in [5, 5.41) is 8.98. The van der Waals surface area contributed by atoms with Crippen LogP contribution in [0.2, 0.25) is 0 Å². The van der Waals surface area contributed by atoms with Crippen molar-refractivity contribution in [2.75, 3.05) is 0 Å². The third kappa shape index (κ3) is 3.92. The zero-order chi connectivity index (χ0) is 19.7. The van der Waals surface area contributed by atoms with Crippen molar-refractivity contribution in [1.29, 1.82) is 0 Å². The first-order chi connectivity index (χ1) is 13.5. The molecule has 5 nitrogen and oxygen atoms in total. The normalized spacial score (nSPS) is 18.9. The summed E-state index contributed by atoms with van der Waals surface area (Å²) in [6, 6.07) is 16.3. The average molecular weight is 391 g/mol. The fourth-order valence-corrected chi connectivity index (χ4v) is 4.13. The molecule has 142 valence electrons. The fourth-order valence-electron chi connectivity index (χ4n) is 3.12. The van der Waals surface area contributed by atoms with Gasteiger partial charge in [-0.05, 0) is 20.8 Å². The van der Waals surface area contributed by atoms with Crippen molar-refractivity contribution in [2.45, 2.75) is 43.7 Å². The number of esters is 1. The average Bonchev–Trinajstić information content (AvgIpc) is 3.00. The van der Waals surface area contributed by atoms with Crippen molar-refractivity contribution >= 4 is 17.7 Å². The highest BCUT2D eigenvalue weighted by Gasteiger charge is 2.33. The van der Waals surface area contributed by atoms with Gasteiger partial charge in [0.2, 0.25) is 5.16 Å². The van der Waals surface area contributed by atoms with E-state index >= 15 is 0 Å². The zero-order valence-electron chi connectivity index (χ0n) is 16.0. The quantitative estimate of drug-likeness (QED) is 0.605. The van der Waals surface area contributed by atoms with Crippen LogP contribution in [-0.4, -0.2) is 32.5 Å². The molecule has 1 aliphatic rings. The molecule has 6 heteroatoms. The van der Waals surface area contributed by atoms with Crippen LogP contribution in [0.25, 0.3) is 22.5 Å². The lowest BCUT2D eigenvalue weighted by atomic mass is 10.0. The highest BCUT2D eigenvalue weighted by atomic mass is 32.2. The molecule has 1 saturated heterocycles. The predicted molar refractivity (Wildman–Crippen MR) is 110 cm³/mol. The maximum absolute atomic E-state index is 12.0. The number of ether oxygens (including phenoxy) is 1. The van der Waals surface area contributed by atoms with Crippen molar-refractivity contribution in [3.63, 3.8) is 0 Å². The summed E-state index contributed by atoms with van der Waals surface area (Å²) < 4.78 is 5.24. The van der Waals surface area contributed by atoms with Gasteiger partial charge in [-0.15, -0.1) is 10.2 Å². The van der Waals surface area contributed by atoms with E-state index in [1.165, 1.54) is 22.9 Å². The number of carbonyl (C=O) groups excluding carboxylic acids is 1. The van der Waals surface area contributed by atoms with Gasteiger partial charge in [-0.25, -0.2) is 4.98 Å². The van der Waals surface area contributed by atoms with Crippen LogP contribution in [0.4, 0.5) is 0 Å². The van der Waals surface area contributed by atoms with Crippen LogP contribution in [0.3, 0.4) is 0 Å². The van der Waals surface area contributed by atoms with Gasteiger partial charge < -0.3 is 4.74 Å². The molecule has 1 aliphatic heterocycles. The Kier molecular flexibility index (Phi) is 5.13. The van der Waals surface area contributed by atoms with E-state index in [0.29, 0.717) is 11.6 Å². The lowest BCUT2D eigenvalue weighted by Crippen LogP contribution is -2.11. The number of hydrogen-bond acceptors (Lipinski definition) is 6. The van der Waals surface area contributed by atoms with Crippen molar-refractivity contribution in [2.24, 2.45) is 0 Å². The fraction of sp³-hybridized carbons (Fsp3) is 0.273. The lowest BCUT2D eigenvalue weighted by Gasteiger charge is -2.11. The maximum Gasteiger partial charge on any atom is 0.319 e. The molecule has 4 rings (SSSR count). The van der Waals surface area contributed by atoms with E-state index in [9.17, 15) is 4.79 Å². The van der Waals surface area contributed by atoms with E-state index in [2.05, 4.69) is 48.3 Å². The highest BCUT2D eigenvalue weighted by Crippen LogP contribution is 2.34. The number of benzene rings is 2. The Morgan fingerprint density at radius 3 is 2.00 bits per heavy atom. The second-order valence-corrected chi connectivity index (χ2v) is 8.28. The number of hydrogen-bond donors (Lipinski definition) is 0. The highest BCUT2D eigenvalue weighted by molar-refractivity contribution is 8.00. The largest absolute Gasteiger partial charge is 0.462 e. The minimum atomic E-state index is -0.284. The van der Waals surface area contributed by atoms with E-state index in [4.69, 9.17) is 9.72 Å². The van der Waals surface area contributed by atoms with Crippen LogP contribution in [0.1, 0.15) is 24.5 Å². The first-order valence-electron chi connectivity index (χ1n) is 9.25. The van der Waals surface area contributed by atoms with Gasteiger partial charge in [0.1, 0.15) is 22.7 Å². The van der Waals surface area contributed by atoms with Gasteiger partial charge in [-0.3, -0.25) is 4.79 Å². The number of carbonyl (C=O) groups is 1. The van der Waals surface area contributed by atoms with E-state index in [0.717, 1.165) is 22.5 Å². The summed E-state index contributed by atoms with van der Waals surface area (Å²) in [4.78, 5) is 16.8. The number of cyclic esters (lactones) is 1. The minimum Gasteiger partial charge on any atom is -0.462 e. The summed E-state index contributed by atoms with van der Waals surface area (Å²) in [7, 11) is 0. The first kappa shape index (κ1) is 18.6. The molecule has 0 aliphatic carbocycles. The van der Waals surface area contributed by atoms with Crippen molar-refractivity contribution in [3.8, 4) is 22.5 Å². The van der Waals surface area contributed by atoms with Gasteiger partial charge in [-0.1, -0.05) is 71.4 Å². The smallest absolute Gasteiger partial charge is 0.319 e. The molecule has 0 unspecified atom stereocenters. The third-order valence-corrected chi connectivity index (χ3v) is 5.74. The summed E-state index contributed by atoms with van der Waals surface area (Å²) in [5.41, 5.74) is 5.80. The molecule has 28 heavy (non-hydrogen) atoms. The number of nitrogens with zero attached hydrogens (tertiary/aromatic N) is 3. The first-order valence-corrected chi connectivity index (χ1v) is 10.1. The molecule has 2 heterocycles. The lowest BCUT2D eigenvalue weighted by molar-refractivity contribution is -0.140. The van der Waals surface area contributed by atoms with Gasteiger partial charge in [-0.2, -0.15) is 0 Å². The molecule has 0 spiro atoms. The van der Waals surface area contributed by atoms with Crippen LogP contribution in [0.5, 0.6) is 0 Å². The van der Waals surface area contributed by atoms with Gasteiger partial charge in [0.25, 0.3) is 0 Å². The second kappa shape index (κ2) is 7.72. The molecule has 1 fully saturated rings. The van der Waals surface area contributed by atoms with Crippen LogP contribution < -0.4 is 0 Å². The monoisotopic (exact) mass is 391 g/mol. The molecule has 0 saturated carbocycles. The standard InChI is InChI=1S/C22H21N3O2S/c1-13-4-8-16(9-5-13)19-20(17-10-6-14(2)7-11-17)24-25-22(23-19)28-18-12-15(3)27-21(18)26/h4-11,15,18H,12H2,1-3H3/t15-,18-/m1/s1. The summed E-state index contributed by atoms with van der Waals surface area (Å²) >= 11 is 1.32. The number of rotatable bonds is 4. The minimum absolute atomic E-state index is 0.0682. The Balaban J connectivity index is 1.75. The van der Waals surface area contributed by atoms with Gasteiger partial charge in [0.15, 0.2) is 0 Å². The summed E-state index contributed by atoms with van der Waals surface area (Å²) in [6.45, 7) is 6.00. The molecular weight excluding hydrogens is 370 g/mol. The number of thioether (sulfide) groups is 1. The summed E-state index contributed by atoms with van der Waals surface area (Å²) in [5.74, 6) is -0.208. The van der Waals surface area contributed by atoms with Crippen LogP contribution in [0, 0.1) is 13.8 Å². The Bertz CT molecular complexity index is 1000. The topological polar surface area (TPSA) is 65.0 Å². The van der Waals surface area contributed by atoms with E-state index < -0.39 is 0 Å². The molecule has 3 aromatic rings. The van der Waals surface area contributed by atoms with Gasteiger partial charge in [0, 0.05) is 17.5 Å². The number of aromatic nitrogens is 3. The SMILES string of the molecule is Cc1ccc(-c2nnc(S[C@@H]3C[C@@H](C)OC3=O)nc2-c2ccc(C)cc2)cc1. The van der Waals surface area contributed by atoms with Crippen LogP contribution >= 0.6 is 11.8 Å². The molecule has 1 aromatic heterocycles. The third-order valence-electron chi connectivity index (χ3n) is 4.69. The molecule has 0 N–H and O–H groups in total. The van der Waals surface area contributed by atoms with Crippen molar-refractivity contribution in [1.82, 2.24) is 15.2 Å². The summed E-state index contributed by atoms with van der Waals surface area (Å²) in [6.07, 6.45) is 0.591. The Morgan fingerprint density at radius 1 is 0.893 bits per heavy atom. The number of aryl methyl sites for hydroxylation is 2. The second-order valence-electron chi connectivity index (χ2n) is 7.11. The Labute approximate surface area is 168 Å². The molecule has 2 aromatic carbocycles. The van der Waals surface area contributed by atoms with E-state index in [1.807, 2.05) is 31.2 Å². The van der Waals surface area contributed by atoms with Gasteiger partial charge >= 0.3 is 5.97 Å². The predicted octanol–water partition coefficient (Wildman–Crippen LogP) is 4.62. The van der Waals surface area contributed by atoms with Crippen LogP contribution in [-0.2, 0) is 9.53 Å². The van der Waals surface area contributed by atoms with E-state index in [-0.39, 0.29) is 17.3 Å². The maximum atomic E-state index is 12.0. The van der Waals surface area contributed by atoms with Crippen molar-refractivity contribution in [3.05, 3.63) is 59.7 Å². The molecule has 2 atom stereocenters. The Morgan fingerprint density at radius 2 is 1.46 bits per heavy atom. The molecule has 0 radical (unpaired) electrons. The van der Waals surface area contributed by atoms with Crippen LogP contribution in [0.15, 0.2) is 53.7 Å². The molecule has 0 amide bonds. The molecule has 0 bridgehead atoms.